The Morgan fingerprint density at radius 3 is 2.74 bits per heavy atom. The smallest absolute Gasteiger partial charge is 0.329 e. The van der Waals surface area contributed by atoms with Crippen LogP contribution in [0.3, 0.4) is 0 Å². The van der Waals surface area contributed by atoms with Crippen LogP contribution in [-0.4, -0.2) is 21.6 Å². The summed E-state index contributed by atoms with van der Waals surface area (Å²) < 4.78 is 0. The lowest BCUT2D eigenvalue weighted by molar-refractivity contribution is -0.141. The van der Waals surface area contributed by atoms with Gasteiger partial charge in [-0.3, -0.25) is 4.98 Å². The van der Waals surface area contributed by atoms with Gasteiger partial charge in [-0.25, -0.2) is 4.79 Å². The fourth-order valence-corrected chi connectivity index (χ4v) is 2.00. The molecule has 19 heavy (non-hydrogen) atoms. The van der Waals surface area contributed by atoms with E-state index in [4.69, 9.17) is 0 Å². The molecule has 1 atom stereocenters. The molecule has 2 aromatic rings. The summed E-state index contributed by atoms with van der Waals surface area (Å²) in [6.45, 7) is 5.46. The lowest BCUT2D eigenvalue weighted by Crippen LogP contribution is -2.42. The molecule has 100 valence electrons. The van der Waals surface area contributed by atoms with E-state index in [2.05, 4.69) is 10.3 Å². The van der Waals surface area contributed by atoms with E-state index in [1.54, 1.807) is 6.92 Å². The molecular formula is C15H18N2O2. The quantitative estimate of drug-likeness (QED) is 0.884. The lowest BCUT2D eigenvalue weighted by Gasteiger charge is -2.26. The molecule has 0 aliphatic rings. The van der Waals surface area contributed by atoms with Crippen LogP contribution in [0.15, 0.2) is 30.3 Å². The lowest BCUT2D eigenvalue weighted by atomic mass is 9.98. The van der Waals surface area contributed by atoms with E-state index in [0.717, 1.165) is 22.3 Å². The number of fused-ring (bicyclic) bond motifs is 1. The number of rotatable bonds is 4. The first kappa shape index (κ1) is 13.3. The molecule has 1 aromatic heterocycles. The van der Waals surface area contributed by atoms with Crippen molar-refractivity contribution in [2.45, 2.75) is 32.7 Å². The minimum Gasteiger partial charge on any atom is -0.480 e. The molecule has 0 amide bonds. The van der Waals surface area contributed by atoms with E-state index < -0.39 is 11.5 Å². The molecule has 0 aliphatic heterocycles. The van der Waals surface area contributed by atoms with Crippen LogP contribution in [0.1, 0.15) is 26.0 Å². The monoisotopic (exact) mass is 258 g/mol. The van der Waals surface area contributed by atoms with Crippen LogP contribution in [0.2, 0.25) is 0 Å². The van der Waals surface area contributed by atoms with Gasteiger partial charge in [-0.1, -0.05) is 25.1 Å². The van der Waals surface area contributed by atoms with Crippen molar-refractivity contribution in [3.63, 3.8) is 0 Å². The van der Waals surface area contributed by atoms with Crippen LogP contribution in [-0.2, 0) is 4.79 Å². The van der Waals surface area contributed by atoms with Gasteiger partial charge in [-0.2, -0.15) is 0 Å². The van der Waals surface area contributed by atoms with Gasteiger partial charge in [0.25, 0.3) is 0 Å². The number of hydrogen-bond donors (Lipinski definition) is 2. The number of carboxylic acids is 1. The highest BCUT2D eigenvalue weighted by Crippen LogP contribution is 2.27. The van der Waals surface area contributed by atoms with Gasteiger partial charge in [0.05, 0.1) is 5.52 Å². The van der Waals surface area contributed by atoms with Crippen LogP contribution in [0.5, 0.6) is 0 Å². The number of pyridine rings is 1. The van der Waals surface area contributed by atoms with E-state index in [1.165, 1.54) is 0 Å². The number of carboxylic acid groups (broad SMARTS) is 1. The van der Waals surface area contributed by atoms with E-state index in [-0.39, 0.29) is 0 Å². The van der Waals surface area contributed by atoms with Crippen molar-refractivity contribution in [1.29, 1.82) is 0 Å². The Morgan fingerprint density at radius 2 is 2.11 bits per heavy atom. The summed E-state index contributed by atoms with van der Waals surface area (Å²) in [7, 11) is 0. The van der Waals surface area contributed by atoms with Crippen molar-refractivity contribution >= 4 is 22.6 Å². The maximum atomic E-state index is 11.4. The molecular weight excluding hydrogens is 240 g/mol. The molecule has 0 bridgehead atoms. The number of hydrogen-bond acceptors (Lipinski definition) is 3. The Balaban J connectivity index is 2.53. The number of anilines is 1. The van der Waals surface area contributed by atoms with E-state index in [1.807, 2.05) is 44.2 Å². The Morgan fingerprint density at radius 1 is 1.42 bits per heavy atom. The number of aliphatic carboxylic acids is 1. The van der Waals surface area contributed by atoms with E-state index in [9.17, 15) is 9.90 Å². The number of carbonyl (C=O) groups is 1. The predicted octanol–water partition coefficient (Wildman–Crippen LogP) is 3.21. The number of aromatic nitrogens is 1. The summed E-state index contributed by atoms with van der Waals surface area (Å²) in [5.74, 6) is -0.853. The third kappa shape index (κ3) is 2.52. The molecule has 0 saturated heterocycles. The van der Waals surface area contributed by atoms with Gasteiger partial charge in [-0.05, 0) is 32.4 Å². The zero-order valence-electron chi connectivity index (χ0n) is 11.4. The third-order valence-electron chi connectivity index (χ3n) is 3.43. The van der Waals surface area contributed by atoms with Gasteiger partial charge in [-0.15, -0.1) is 0 Å². The van der Waals surface area contributed by atoms with Gasteiger partial charge in [0.15, 0.2) is 0 Å². The number of nitrogens with zero attached hydrogens (tertiary/aromatic N) is 1. The molecule has 1 unspecified atom stereocenters. The van der Waals surface area contributed by atoms with Crippen LogP contribution in [0, 0.1) is 6.92 Å². The highest BCUT2D eigenvalue weighted by atomic mass is 16.4. The van der Waals surface area contributed by atoms with Gasteiger partial charge >= 0.3 is 5.97 Å². The van der Waals surface area contributed by atoms with Crippen molar-refractivity contribution in [1.82, 2.24) is 4.98 Å². The fraction of sp³-hybridized carbons (Fsp3) is 0.333. The molecule has 1 aromatic carbocycles. The van der Waals surface area contributed by atoms with Crippen LogP contribution in [0.4, 0.5) is 5.69 Å². The summed E-state index contributed by atoms with van der Waals surface area (Å²) in [6.07, 6.45) is 0.498. The van der Waals surface area contributed by atoms with Crippen LogP contribution in [0.25, 0.3) is 10.9 Å². The molecule has 0 fully saturated rings. The molecule has 0 spiro atoms. The average molecular weight is 258 g/mol. The van der Waals surface area contributed by atoms with E-state index in [0.29, 0.717) is 6.42 Å². The highest BCUT2D eigenvalue weighted by Gasteiger charge is 2.31. The molecule has 4 heteroatoms. The van der Waals surface area contributed by atoms with Crippen molar-refractivity contribution in [3.05, 3.63) is 36.0 Å². The van der Waals surface area contributed by atoms with Gasteiger partial charge in [0.1, 0.15) is 5.54 Å². The average Bonchev–Trinajstić information content (AvgIpc) is 2.38. The Bertz CT molecular complexity index is 625. The standard InChI is InChI=1S/C15H18N2O2/c1-4-15(3,14(18)19)17-13-9-10(2)16-12-8-6-5-7-11(12)13/h5-9H,4H2,1-3H3,(H,16,17)(H,18,19). The topological polar surface area (TPSA) is 62.2 Å². The first-order valence-electron chi connectivity index (χ1n) is 6.34. The predicted molar refractivity (Wildman–Crippen MR) is 76.4 cm³/mol. The molecule has 0 aliphatic carbocycles. The van der Waals surface area contributed by atoms with Gasteiger partial charge in [0, 0.05) is 16.8 Å². The highest BCUT2D eigenvalue weighted by molar-refractivity contribution is 5.94. The van der Waals surface area contributed by atoms with Crippen molar-refractivity contribution < 1.29 is 9.90 Å². The minimum atomic E-state index is -0.976. The minimum absolute atomic E-state index is 0.498. The third-order valence-corrected chi connectivity index (χ3v) is 3.43. The zero-order chi connectivity index (χ0) is 14.0. The summed E-state index contributed by atoms with van der Waals surface area (Å²) >= 11 is 0. The Kier molecular flexibility index (Phi) is 3.42. The largest absolute Gasteiger partial charge is 0.480 e. The fourth-order valence-electron chi connectivity index (χ4n) is 2.00. The van der Waals surface area contributed by atoms with Crippen molar-refractivity contribution in [2.75, 3.05) is 5.32 Å². The van der Waals surface area contributed by atoms with Crippen LogP contribution >= 0.6 is 0 Å². The van der Waals surface area contributed by atoms with Crippen LogP contribution < -0.4 is 5.32 Å². The van der Waals surface area contributed by atoms with Gasteiger partial charge in [0.2, 0.25) is 0 Å². The summed E-state index contributed by atoms with van der Waals surface area (Å²) in [5, 5.41) is 13.4. The second-order valence-corrected chi connectivity index (χ2v) is 4.94. The first-order valence-corrected chi connectivity index (χ1v) is 6.34. The molecule has 4 nitrogen and oxygen atoms in total. The maximum absolute atomic E-state index is 11.4. The Hall–Kier alpha value is -2.10. The SMILES string of the molecule is CCC(C)(Nc1cc(C)nc2ccccc12)C(=O)O. The van der Waals surface area contributed by atoms with Crippen molar-refractivity contribution in [2.24, 2.45) is 0 Å². The van der Waals surface area contributed by atoms with Gasteiger partial charge < -0.3 is 10.4 Å². The molecule has 1 heterocycles. The second-order valence-electron chi connectivity index (χ2n) is 4.94. The number of nitrogens with one attached hydrogen (secondary N) is 1. The second kappa shape index (κ2) is 4.88. The first-order chi connectivity index (χ1) is 8.96. The maximum Gasteiger partial charge on any atom is 0.329 e. The molecule has 2 N–H and O–H groups in total. The summed E-state index contributed by atoms with van der Waals surface area (Å²) in [4.78, 5) is 15.8. The molecule has 2 rings (SSSR count). The van der Waals surface area contributed by atoms with E-state index >= 15 is 0 Å². The van der Waals surface area contributed by atoms with Crippen molar-refractivity contribution in [3.8, 4) is 0 Å². The zero-order valence-corrected chi connectivity index (χ0v) is 11.4. The summed E-state index contributed by atoms with van der Waals surface area (Å²) in [6, 6.07) is 9.61. The Labute approximate surface area is 112 Å². The number of benzene rings is 1. The molecule has 0 saturated carbocycles. The number of aryl methyl sites for hydroxylation is 1. The normalized spacial score (nSPS) is 14.1. The summed E-state index contributed by atoms with van der Waals surface area (Å²) in [5.41, 5.74) is 1.57. The molecule has 0 radical (unpaired) electrons. The number of para-hydroxylation sites is 1.